The number of allylic oxidation sites excluding steroid dienone is 2. The van der Waals surface area contributed by atoms with Gasteiger partial charge in [-0.2, -0.15) is 5.01 Å². The van der Waals surface area contributed by atoms with Gasteiger partial charge in [0.2, 0.25) is 11.8 Å². The summed E-state index contributed by atoms with van der Waals surface area (Å²) in [5.41, 5.74) is 7.03. The van der Waals surface area contributed by atoms with Gasteiger partial charge in [0.1, 0.15) is 11.5 Å². The summed E-state index contributed by atoms with van der Waals surface area (Å²) in [7, 11) is 1.50. The Hall–Kier alpha value is -5.70. The average molecular weight is 682 g/mol. The second-order valence-corrected chi connectivity index (χ2v) is 14.0. The molecule has 2 heterocycles. The van der Waals surface area contributed by atoms with E-state index in [0.717, 1.165) is 28.1 Å². The van der Waals surface area contributed by atoms with E-state index in [9.17, 15) is 19.5 Å². The van der Waals surface area contributed by atoms with Crippen molar-refractivity contribution in [1.29, 1.82) is 0 Å². The number of ether oxygens (including phenoxy) is 1. The number of phenols is 1. The number of rotatable bonds is 7. The smallest absolute Gasteiger partial charge is 0.260 e. The van der Waals surface area contributed by atoms with Crippen molar-refractivity contribution in [3.63, 3.8) is 0 Å². The maximum absolute atomic E-state index is 15.3. The molecule has 1 saturated carbocycles. The average Bonchev–Trinajstić information content (AvgIpc) is 3.53. The van der Waals surface area contributed by atoms with Gasteiger partial charge in [0.05, 0.1) is 41.7 Å². The molecule has 3 fully saturated rings. The third-order valence-corrected chi connectivity index (χ3v) is 11.5. The van der Waals surface area contributed by atoms with Crippen LogP contribution in [0.2, 0.25) is 0 Å². The summed E-state index contributed by atoms with van der Waals surface area (Å²) < 4.78 is 5.86. The Labute approximate surface area is 296 Å². The molecule has 0 spiro atoms. The predicted octanol–water partition coefficient (Wildman–Crippen LogP) is 6.46. The minimum absolute atomic E-state index is 0.0104. The van der Waals surface area contributed by atoms with Gasteiger partial charge in [-0.1, -0.05) is 84.8 Å². The van der Waals surface area contributed by atoms with E-state index in [0.29, 0.717) is 34.7 Å². The number of methoxy groups -OCH3 is 1. The number of hydrogen-bond donors (Lipinski definition) is 2. The first-order chi connectivity index (χ1) is 24.7. The maximum Gasteiger partial charge on any atom is 0.260 e. The lowest BCUT2D eigenvalue weighted by Gasteiger charge is -2.50. The molecule has 2 saturated heterocycles. The molecule has 4 amide bonds. The van der Waals surface area contributed by atoms with Gasteiger partial charge in [-0.3, -0.25) is 29.5 Å². The van der Waals surface area contributed by atoms with Gasteiger partial charge in [0.25, 0.3) is 11.8 Å². The fourth-order valence-electron chi connectivity index (χ4n) is 9.17. The van der Waals surface area contributed by atoms with Crippen molar-refractivity contribution in [3.8, 4) is 11.5 Å². The van der Waals surface area contributed by atoms with Gasteiger partial charge >= 0.3 is 0 Å². The molecule has 9 heteroatoms. The Morgan fingerprint density at radius 2 is 1.59 bits per heavy atom. The molecular weight excluding hydrogens is 642 g/mol. The van der Waals surface area contributed by atoms with E-state index in [1.54, 1.807) is 12.1 Å². The summed E-state index contributed by atoms with van der Waals surface area (Å²) in [6.07, 6.45) is 3.35. The van der Waals surface area contributed by atoms with Crippen LogP contribution in [0, 0.1) is 30.6 Å². The van der Waals surface area contributed by atoms with Gasteiger partial charge in [-0.25, -0.2) is 0 Å². The van der Waals surface area contributed by atoms with E-state index in [4.69, 9.17) is 4.74 Å². The molecule has 4 aromatic carbocycles. The summed E-state index contributed by atoms with van der Waals surface area (Å²) in [6.45, 7) is 4.01. The van der Waals surface area contributed by atoms with Crippen LogP contribution in [0.5, 0.6) is 11.5 Å². The van der Waals surface area contributed by atoms with Gasteiger partial charge in [0, 0.05) is 17.5 Å². The van der Waals surface area contributed by atoms with Crippen molar-refractivity contribution < 1.29 is 29.0 Å². The van der Waals surface area contributed by atoms with Gasteiger partial charge in [0.15, 0.2) is 0 Å². The Kier molecular flexibility index (Phi) is 7.81. The Morgan fingerprint density at radius 1 is 0.863 bits per heavy atom. The number of carbonyl (C=O) groups excluding carboxylic acids is 4. The van der Waals surface area contributed by atoms with E-state index in [1.807, 2.05) is 98.8 Å². The third-order valence-electron chi connectivity index (χ3n) is 11.5. The topological polar surface area (TPSA) is 116 Å². The molecule has 8 rings (SSSR count). The number of anilines is 2. The predicted molar refractivity (Wildman–Crippen MR) is 192 cm³/mol. The highest BCUT2D eigenvalue weighted by atomic mass is 16.5. The molecule has 2 N–H and O–H groups in total. The van der Waals surface area contributed by atoms with E-state index in [2.05, 4.69) is 5.43 Å². The van der Waals surface area contributed by atoms with Crippen LogP contribution >= 0.6 is 0 Å². The normalized spacial score (nSPS) is 26.8. The van der Waals surface area contributed by atoms with Crippen molar-refractivity contribution in [1.82, 2.24) is 5.01 Å². The molecule has 258 valence electrons. The number of phenolic OH excluding ortho intramolecular Hbond substituents is 1. The Morgan fingerprint density at radius 3 is 2.27 bits per heavy atom. The molecule has 6 atom stereocenters. The van der Waals surface area contributed by atoms with Crippen LogP contribution in [0.4, 0.5) is 11.4 Å². The van der Waals surface area contributed by atoms with E-state index >= 15 is 4.79 Å². The molecule has 6 unspecified atom stereocenters. The number of hydrogen-bond acceptors (Lipinski definition) is 7. The van der Waals surface area contributed by atoms with Crippen LogP contribution < -0.4 is 15.1 Å². The van der Waals surface area contributed by atoms with Crippen molar-refractivity contribution in [3.05, 3.63) is 131 Å². The summed E-state index contributed by atoms with van der Waals surface area (Å²) in [5.74, 6) is -4.51. The second-order valence-electron chi connectivity index (χ2n) is 14.0. The number of aromatic hydroxyl groups is 1. The number of amides is 4. The Balaban J connectivity index is 1.32. The van der Waals surface area contributed by atoms with Gasteiger partial charge < -0.3 is 9.84 Å². The molecule has 2 aliphatic carbocycles. The molecule has 0 radical (unpaired) electrons. The zero-order chi connectivity index (χ0) is 35.6. The zero-order valence-corrected chi connectivity index (χ0v) is 28.7. The minimum Gasteiger partial charge on any atom is -0.508 e. The van der Waals surface area contributed by atoms with E-state index in [1.165, 1.54) is 18.1 Å². The van der Waals surface area contributed by atoms with Crippen molar-refractivity contribution >= 4 is 35.0 Å². The molecular formula is C42H39N3O6. The van der Waals surface area contributed by atoms with E-state index in [-0.39, 0.29) is 24.0 Å². The summed E-state index contributed by atoms with van der Waals surface area (Å²) >= 11 is 0. The molecule has 4 aliphatic rings. The summed E-state index contributed by atoms with van der Waals surface area (Å²) in [6, 6.07) is 29.1. The highest BCUT2D eigenvalue weighted by Crippen LogP contribution is 2.65. The number of carbonyl (C=O) groups is 4. The van der Waals surface area contributed by atoms with Crippen molar-refractivity contribution in [2.45, 2.75) is 44.4 Å². The fraction of sp³-hybridized carbons (Fsp3) is 0.286. The lowest BCUT2D eigenvalue weighted by atomic mass is 9.49. The second kappa shape index (κ2) is 12.3. The lowest BCUT2D eigenvalue weighted by molar-refractivity contribution is -0.138. The SMILES string of the molecule is CCc1ccc(N2C(=O)C3CC=C4C(CC5C(=O)N(Nc6ccc(C)cc6)C(=O)C5(c5ccccc5)C4c4ccc(O)cc4OC)C3C2=O)cc1. The number of imide groups is 2. The first-order valence-electron chi connectivity index (χ1n) is 17.5. The monoisotopic (exact) mass is 681 g/mol. The molecule has 4 aromatic rings. The third kappa shape index (κ3) is 4.82. The van der Waals surface area contributed by atoms with Crippen LogP contribution in [0.3, 0.4) is 0 Å². The maximum atomic E-state index is 15.3. The zero-order valence-electron chi connectivity index (χ0n) is 28.7. The first-order valence-corrected chi connectivity index (χ1v) is 17.5. The number of nitrogens with zero attached hydrogens (tertiary/aromatic N) is 2. The molecule has 2 aliphatic heterocycles. The molecule has 0 bridgehead atoms. The fourth-order valence-corrected chi connectivity index (χ4v) is 9.17. The van der Waals surface area contributed by atoms with E-state index < -0.39 is 46.8 Å². The lowest BCUT2D eigenvalue weighted by Crippen LogP contribution is -2.53. The standard InChI is InChI=1S/C42H39N3O6/c1-4-25-12-16-28(17-13-25)44-38(47)32-21-20-30-33(36(32)40(44)49)23-34-39(48)45(43-27-14-10-24(2)11-15-27)41(50)42(34,26-8-6-5-7-9-26)37(30)31-19-18-29(46)22-35(31)51-3/h5-20,22,32-34,36-37,43,46H,4,21,23H2,1-3H3. The van der Waals surface area contributed by atoms with Crippen molar-refractivity contribution in [2.75, 3.05) is 17.4 Å². The van der Waals surface area contributed by atoms with Gasteiger partial charge in [-0.05, 0) is 73.6 Å². The highest BCUT2D eigenvalue weighted by Gasteiger charge is 2.70. The Bertz CT molecular complexity index is 2090. The number of benzene rings is 4. The summed E-state index contributed by atoms with van der Waals surface area (Å²) in [5, 5.41) is 11.7. The van der Waals surface area contributed by atoms with Crippen LogP contribution in [-0.2, 0) is 31.0 Å². The number of hydrazine groups is 1. The number of aryl methyl sites for hydroxylation is 2. The first kappa shape index (κ1) is 32.5. The number of fused-ring (bicyclic) bond motifs is 4. The minimum atomic E-state index is -1.43. The van der Waals surface area contributed by atoms with Crippen molar-refractivity contribution in [2.24, 2.45) is 23.7 Å². The van der Waals surface area contributed by atoms with Gasteiger partial charge in [-0.15, -0.1) is 0 Å². The molecule has 9 nitrogen and oxygen atoms in total. The largest absolute Gasteiger partial charge is 0.508 e. The van der Waals surface area contributed by atoms with Crippen LogP contribution in [0.25, 0.3) is 0 Å². The molecule has 0 aromatic heterocycles. The quantitative estimate of drug-likeness (QED) is 0.170. The number of nitrogens with one attached hydrogen (secondary N) is 1. The van der Waals surface area contributed by atoms with Crippen LogP contribution in [0.1, 0.15) is 47.9 Å². The van der Waals surface area contributed by atoms with Crippen LogP contribution in [0.15, 0.2) is 109 Å². The molecule has 51 heavy (non-hydrogen) atoms. The summed E-state index contributed by atoms with van der Waals surface area (Å²) in [4.78, 5) is 60.0. The van der Waals surface area contributed by atoms with Crippen LogP contribution in [-0.4, -0.2) is 40.9 Å². The highest BCUT2D eigenvalue weighted by molar-refractivity contribution is 6.22.